The molecule has 0 spiro atoms. The summed E-state index contributed by atoms with van der Waals surface area (Å²) < 4.78 is 0.887. The Hall–Kier alpha value is -1.15. The number of hydrogen-bond donors (Lipinski definition) is 2. The first kappa shape index (κ1) is 15.2. The molecule has 2 N–H and O–H groups in total. The molecule has 1 aliphatic rings. The molecule has 1 aromatic rings. The molecule has 0 aliphatic carbocycles. The highest BCUT2D eigenvalue weighted by atomic mass is 127. The van der Waals surface area contributed by atoms with Crippen molar-refractivity contribution in [3.05, 3.63) is 33.4 Å². The highest BCUT2D eigenvalue weighted by Gasteiger charge is 2.21. The van der Waals surface area contributed by atoms with E-state index in [1.54, 1.807) is 6.07 Å². The molecule has 2 rings (SSSR count). The molecule has 1 fully saturated rings. The number of halogens is 1. The van der Waals surface area contributed by atoms with Gasteiger partial charge in [0.1, 0.15) is 0 Å². The van der Waals surface area contributed by atoms with Gasteiger partial charge in [0.2, 0.25) is 5.91 Å². The summed E-state index contributed by atoms with van der Waals surface area (Å²) in [7, 11) is 2.13. The summed E-state index contributed by atoms with van der Waals surface area (Å²) >= 11 is 2.12. The maximum absolute atomic E-state index is 12.0. The van der Waals surface area contributed by atoms with Crippen LogP contribution in [0, 0.1) is 3.57 Å². The Balaban J connectivity index is 1.84. The van der Waals surface area contributed by atoms with E-state index < -0.39 is 0 Å². The van der Waals surface area contributed by atoms with E-state index in [0.717, 1.165) is 29.7 Å². The zero-order chi connectivity index (χ0) is 14.5. The molecule has 1 heterocycles. The van der Waals surface area contributed by atoms with Gasteiger partial charge in [0.25, 0.3) is 5.91 Å². The number of likely N-dealkylation sites (N-methyl/N-ethyl adjacent to an activating group) is 1. The monoisotopic (exact) mass is 388 g/mol. The van der Waals surface area contributed by atoms with Gasteiger partial charge < -0.3 is 15.1 Å². The first-order valence-corrected chi connectivity index (χ1v) is 7.77. The summed E-state index contributed by atoms with van der Waals surface area (Å²) in [5.74, 6) is -0.195. The van der Waals surface area contributed by atoms with E-state index in [2.05, 4.69) is 35.0 Å². The number of carbonyl (C=O) groups is 2. The Morgan fingerprint density at radius 3 is 2.60 bits per heavy atom. The molecule has 1 aromatic carbocycles. The average Bonchev–Trinajstić information content (AvgIpc) is 2.45. The third kappa shape index (κ3) is 3.92. The van der Waals surface area contributed by atoms with Gasteiger partial charge in [0, 0.05) is 3.57 Å². The number of benzene rings is 1. The zero-order valence-corrected chi connectivity index (χ0v) is 13.6. The van der Waals surface area contributed by atoms with Crippen molar-refractivity contribution in [2.45, 2.75) is 0 Å². The Bertz CT molecular complexity index is 499. The van der Waals surface area contributed by atoms with Crippen LogP contribution in [-0.2, 0) is 4.79 Å². The fourth-order valence-corrected chi connectivity index (χ4v) is 2.78. The van der Waals surface area contributed by atoms with E-state index in [1.807, 2.05) is 23.1 Å². The van der Waals surface area contributed by atoms with Crippen LogP contribution in [0.15, 0.2) is 24.3 Å². The number of nitrogens with zero attached hydrogens (tertiary/aromatic N) is 1. The normalized spacial score (nSPS) is 16.0. The van der Waals surface area contributed by atoms with Gasteiger partial charge in [0.05, 0.1) is 45.3 Å². The third-order valence-electron chi connectivity index (χ3n) is 3.49. The molecule has 0 atom stereocenters. The smallest absolute Gasteiger partial charge is 0.252 e. The van der Waals surface area contributed by atoms with Crippen molar-refractivity contribution in [3.8, 4) is 0 Å². The van der Waals surface area contributed by atoms with Gasteiger partial charge in [-0.15, -0.1) is 0 Å². The lowest BCUT2D eigenvalue weighted by Crippen LogP contribution is -3.12. The topological polar surface area (TPSA) is 53.9 Å². The minimum absolute atomic E-state index is 0.00297. The van der Waals surface area contributed by atoms with Crippen molar-refractivity contribution < 1.29 is 14.5 Å². The van der Waals surface area contributed by atoms with Crippen LogP contribution in [0.5, 0.6) is 0 Å². The zero-order valence-electron chi connectivity index (χ0n) is 11.5. The fraction of sp³-hybridized carbons (Fsp3) is 0.429. The van der Waals surface area contributed by atoms with Crippen LogP contribution >= 0.6 is 22.6 Å². The van der Waals surface area contributed by atoms with Crippen LogP contribution in [0.3, 0.4) is 0 Å². The summed E-state index contributed by atoms with van der Waals surface area (Å²) in [6.07, 6.45) is 0. The van der Waals surface area contributed by atoms with Crippen LogP contribution in [0.1, 0.15) is 10.4 Å². The molecular weight excluding hydrogens is 369 g/mol. The second kappa shape index (κ2) is 7.03. The summed E-state index contributed by atoms with van der Waals surface area (Å²) in [4.78, 5) is 27.3. The van der Waals surface area contributed by atoms with Crippen LogP contribution in [0.25, 0.3) is 0 Å². The molecule has 0 saturated carbocycles. The van der Waals surface area contributed by atoms with Gasteiger partial charge in [-0.05, 0) is 34.7 Å². The quantitative estimate of drug-likeness (QED) is 0.679. The number of rotatable bonds is 3. The number of quaternary nitrogens is 1. The molecule has 2 amide bonds. The van der Waals surface area contributed by atoms with Gasteiger partial charge in [0.15, 0.2) is 0 Å². The minimum Gasteiger partial charge on any atom is -0.343 e. The maximum atomic E-state index is 12.0. The minimum atomic E-state index is -0.192. The molecule has 0 radical (unpaired) electrons. The van der Waals surface area contributed by atoms with E-state index in [0.29, 0.717) is 5.56 Å². The first-order chi connectivity index (χ1) is 9.58. The van der Waals surface area contributed by atoms with Gasteiger partial charge in [-0.1, -0.05) is 12.1 Å². The fourth-order valence-electron chi connectivity index (χ4n) is 2.15. The predicted octanol–water partition coefficient (Wildman–Crippen LogP) is -0.622. The summed E-state index contributed by atoms with van der Waals surface area (Å²) in [6.45, 7) is 3.54. The second-order valence-electron chi connectivity index (χ2n) is 5.00. The SMILES string of the molecule is C[NH+]1CCN(C(=O)CNC(=O)c2ccccc2I)CC1. The number of carbonyl (C=O) groups excluding carboxylic acids is 2. The van der Waals surface area contributed by atoms with Crippen LogP contribution < -0.4 is 10.2 Å². The van der Waals surface area contributed by atoms with Crippen molar-refractivity contribution >= 4 is 34.4 Å². The van der Waals surface area contributed by atoms with E-state index in [9.17, 15) is 9.59 Å². The molecule has 6 heteroatoms. The largest absolute Gasteiger partial charge is 0.343 e. The van der Waals surface area contributed by atoms with Crippen molar-refractivity contribution in [2.75, 3.05) is 39.8 Å². The molecule has 0 unspecified atom stereocenters. The van der Waals surface area contributed by atoms with E-state index in [1.165, 1.54) is 4.90 Å². The third-order valence-corrected chi connectivity index (χ3v) is 4.43. The van der Waals surface area contributed by atoms with Gasteiger partial charge in [-0.2, -0.15) is 0 Å². The lowest BCUT2D eigenvalue weighted by atomic mass is 10.2. The lowest BCUT2D eigenvalue weighted by Gasteiger charge is -2.30. The Morgan fingerprint density at radius 1 is 1.30 bits per heavy atom. The molecule has 5 nitrogen and oxygen atoms in total. The predicted molar refractivity (Wildman–Crippen MR) is 84.7 cm³/mol. The molecule has 1 saturated heterocycles. The van der Waals surface area contributed by atoms with Crippen molar-refractivity contribution in [2.24, 2.45) is 0 Å². The van der Waals surface area contributed by atoms with Crippen LogP contribution in [0.4, 0.5) is 0 Å². The van der Waals surface area contributed by atoms with E-state index >= 15 is 0 Å². The number of amides is 2. The maximum Gasteiger partial charge on any atom is 0.252 e. The lowest BCUT2D eigenvalue weighted by molar-refractivity contribution is -0.883. The highest BCUT2D eigenvalue weighted by Crippen LogP contribution is 2.10. The van der Waals surface area contributed by atoms with Gasteiger partial charge >= 0.3 is 0 Å². The van der Waals surface area contributed by atoms with E-state index in [-0.39, 0.29) is 18.4 Å². The first-order valence-electron chi connectivity index (χ1n) is 6.69. The summed E-state index contributed by atoms with van der Waals surface area (Å²) in [5, 5.41) is 2.71. The Morgan fingerprint density at radius 2 is 1.95 bits per heavy atom. The summed E-state index contributed by atoms with van der Waals surface area (Å²) in [6, 6.07) is 7.35. The number of hydrogen-bond acceptors (Lipinski definition) is 2. The highest BCUT2D eigenvalue weighted by molar-refractivity contribution is 14.1. The van der Waals surface area contributed by atoms with Crippen molar-refractivity contribution in [1.82, 2.24) is 10.2 Å². The molecule has 1 aliphatic heterocycles. The number of piperazine rings is 1. The Kier molecular flexibility index (Phi) is 5.36. The molecule has 0 aromatic heterocycles. The van der Waals surface area contributed by atoms with Crippen LogP contribution in [0.2, 0.25) is 0 Å². The van der Waals surface area contributed by atoms with Crippen LogP contribution in [-0.4, -0.2) is 56.5 Å². The second-order valence-corrected chi connectivity index (χ2v) is 6.16. The average molecular weight is 388 g/mol. The number of nitrogens with one attached hydrogen (secondary N) is 2. The van der Waals surface area contributed by atoms with Gasteiger partial charge in [-0.25, -0.2) is 0 Å². The van der Waals surface area contributed by atoms with Gasteiger partial charge in [-0.3, -0.25) is 9.59 Å². The molecular formula is C14H19IN3O2+. The Labute approximate surface area is 132 Å². The standard InChI is InChI=1S/C14H18IN3O2/c1-17-6-8-18(9-7-17)13(19)10-16-14(20)11-4-2-3-5-12(11)15/h2-5H,6-10H2,1H3,(H,16,20)/p+1. The molecule has 108 valence electrons. The van der Waals surface area contributed by atoms with Crippen molar-refractivity contribution in [1.29, 1.82) is 0 Å². The van der Waals surface area contributed by atoms with Crippen molar-refractivity contribution in [3.63, 3.8) is 0 Å². The molecule has 0 bridgehead atoms. The summed E-state index contributed by atoms with van der Waals surface area (Å²) in [5.41, 5.74) is 0.615. The molecule has 20 heavy (non-hydrogen) atoms. The van der Waals surface area contributed by atoms with E-state index in [4.69, 9.17) is 0 Å².